The number of nitrogen functional groups attached to an aromatic ring is 1. The highest BCUT2D eigenvalue weighted by atomic mass is 19.1. The first-order valence-corrected chi connectivity index (χ1v) is 5.74. The zero-order chi connectivity index (χ0) is 11.8. The smallest absolute Gasteiger partial charge is 0.169 e. The highest BCUT2D eigenvalue weighted by molar-refractivity contribution is 5.72. The molecule has 1 aliphatic rings. The van der Waals surface area contributed by atoms with Crippen LogP contribution in [0.25, 0.3) is 11.4 Å². The molecule has 1 aromatic heterocycles. The fraction of sp³-hybridized carbons (Fsp3) is 0.333. The molecule has 0 atom stereocenters. The molecule has 0 aliphatic carbocycles. The lowest BCUT2D eigenvalue weighted by molar-refractivity contribution is 0.524. The Labute approximate surface area is 98.3 Å². The van der Waals surface area contributed by atoms with Gasteiger partial charge in [-0.25, -0.2) is 4.39 Å². The molecule has 5 heteroatoms. The molecule has 4 nitrogen and oxygen atoms in total. The van der Waals surface area contributed by atoms with Gasteiger partial charge in [0.2, 0.25) is 0 Å². The van der Waals surface area contributed by atoms with Crippen LogP contribution >= 0.6 is 0 Å². The van der Waals surface area contributed by atoms with Gasteiger partial charge in [0.15, 0.2) is 5.82 Å². The van der Waals surface area contributed by atoms with Crippen molar-refractivity contribution >= 4 is 5.69 Å². The molecule has 0 unspecified atom stereocenters. The SMILES string of the molecule is Nc1cccc(F)c1-c1nnc2n1CCCC2. The number of benzene rings is 1. The third-order valence-electron chi connectivity index (χ3n) is 3.13. The van der Waals surface area contributed by atoms with Gasteiger partial charge < -0.3 is 10.3 Å². The first-order chi connectivity index (χ1) is 8.27. The molecule has 0 radical (unpaired) electrons. The van der Waals surface area contributed by atoms with Gasteiger partial charge in [-0.15, -0.1) is 10.2 Å². The molecule has 1 aliphatic heterocycles. The summed E-state index contributed by atoms with van der Waals surface area (Å²) in [5.74, 6) is 1.13. The average molecular weight is 232 g/mol. The fourth-order valence-corrected chi connectivity index (χ4v) is 2.27. The Balaban J connectivity index is 2.19. The number of hydrogen-bond donors (Lipinski definition) is 1. The second-order valence-electron chi connectivity index (χ2n) is 4.25. The van der Waals surface area contributed by atoms with Gasteiger partial charge >= 0.3 is 0 Å². The molecule has 17 heavy (non-hydrogen) atoms. The maximum atomic E-state index is 13.8. The molecule has 2 N–H and O–H groups in total. The Kier molecular flexibility index (Phi) is 2.31. The second-order valence-corrected chi connectivity index (χ2v) is 4.25. The summed E-state index contributed by atoms with van der Waals surface area (Å²) in [6.45, 7) is 0.839. The van der Waals surface area contributed by atoms with Gasteiger partial charge in [-0.05, 0) is 25.0 Å². The number of aromatic nitrogens is 3. The molecule has 2 heterocycles. The Hall–Kier alpha value is -1.91. The molecule has 0 amide bonds. The van der Waals surface area contributed by atoms with Crippen molar-refractivity contribution < 1.29 is 4.39 Å². The van der Waals surface area contributed by atoms with Crippen LogP contribution in [0.15, 0.2) is 18.2 Å². The summed E-state index contributed by atoms with van der Waals surface area (Å²) in [6.07, 6.45) is 3.10. The van der Waals surface area contributed by atoms with Crippen molar-refractivity contribution in [2.24, 2.45) is 0 Å². The van der Waals surface area contributed by atoms with E-state index in [1.807, 2.05) is 4.57 Å². The van der Waals surface area contributed by atoms with Crippen LogP contribution in [0, 0.1) is 5.82 Å². The number of nitrogens with two attached hydrogens (primary N) is 1. The zero-order valence-electron chi connectivity index (χ0n) is 9.36. The van der Waals surface area contributed by atoms with Crippen molar-refractivity contribution in [2.75, 3.05) is 5.73 Å². The van der Waals surface area contributed by atoms with Gasteiger partial charge in [0.05, 0.1) is 5.56 Å². The van der Waals surface area contributed by atoms with Crippen LogP contribution in [0.3, 0.4) is 0 Å². The molecule has 88 valence electrons. The van der Waals surface area contributed by atoms with Crippen LogP contribution in [0.2, 0.25) is 0 Å². The minimum absolute atomic E-state index is 0.342. The van der Waals surface area contributed by atoms with Crippen molar-refractivity contribution in [3.8, 4) is 11.4 Å². The van der Waals surface area contributed by atoms with Crippen molar-refractivity contribution in [2.45, 2.75) is 25.8 Å². The summed E-state index contributed by atoms with van der Waals surface area (Å²) < 4.78 is 15.8. The molecule has 0 fully saturated rings. The van der Waals surface area contributed by atoms with Crippen LogP contribution < -0.4 is 5.73 Å². The predicted molar refractivity (Wildman–Crippen MR) is 62.8 cm³/mol. The minimum atomic E-state index is -0.342. The number of halogens is 1. The highest BCUT2D eigenvalue weighted by Gasteiger charge is 2.20. The number of rotatable bonds is 1. The molecule has 0 spiro atoms. The monoisotopic (exact) mass is 232 g/mol. The Morgan fingerprint density at radius 2 is 2.12 bits per heavy atom. The number of anilines is 1. The summed E-state index contributed by atoms with van der Waals surface area (Å²) in [5.41, 5.74) is 6.60. The number of hydrogen-bond acceptors (Lipinski definition) is 3. The van der Waals surface area contributed by atoms with E-state index in [1.165, 1.54) is 6.07 Å². The van der Waals surface area contributed by atoms with E-state index in [9.17, 15) is 4.39 Å². The van der Waals surface area contributed by atoms with Crippen LogP contribution in [-0.4, -0.2) is 14.8 Å². The maximum Gasteiger partial charge on any atom is 0.169 e. The second kappa shape index (κ2) is 3.84. The van der Waals surface area contributed by atoms with E-state index in [2.05, 4.69) is 10.2 Å². The quantitative estimate of drug-likeness (QED) is 0.765. The third-order valence-corrected chi connectivity index (χ3v) is 3.13. The molecule has 0 saturated heterocycles. The molecule has 0 bridgehead atoms. The van der Waals surface area contributed by atoms with Crippen molar-refractivity contribution in [1.82, 2.24) is 14.8 Å². The van der Waals surface area contributed by atoms with Crippen molar-refractivity contribution in [3.63, 3.8) is 0 Å². The lowest BCUT2D eigenvalue weighted by Gasteiger charge is -2.15. The fourth-order valence-electron chi connectivity index (χ4n) is 2.27. The lowest BCUT2D eigenvalue weighted by Crippen LogP contribution is -2.12. The Morgan fingerprint density at radius 1 is 1.24 bits per heavy atom. The van der Waals surface area contributed by atoms with Crippen LogP contribution in [0.5, 0.6) is 0 Å². The van der Waals surface area contributed by atoms with Crippen LogP contribution in [0.4, 0.5) is 10.1 Å². The molecule has 2 aromatic rings. The zero-order valence-corrected chi connectivity index (χ0v) is 9.36. The molecular weight excluding hydrogens is 219 g/mol. The van der Waals surface area contributed by atoms with E-state index in [4.69, 9.17) is 5.73 Å². The van der Waals surface area contributed by atoms with Crippen molar-refractivity contribution in [1.29, 1.82) is 0 Å². The lowest BCUT2D eigenvalue weighted by atomic mass is 10.1. The van der Waals surface area contributed by atoms with Gasteiger partial charge in [-0.1, -0.05) is 6.07 Å². The van der Waals surface area contributed by atoms with Gasteiger partial charge in [0.1, 0.15) is 11.6 Å². The van der Waals surface area contributed by atoms with E-state index in [0.717, 1.165) is 31.6 Å². The summed E-state index contributed by atoms with van der Waals surface area (Å²) >= 11 is 0. The topological polar surface area (TPSA) is 56.7 Å². The Bertz CT molecular complexity index is 541. The molecule has 1 aromatic carbocycles. The molecule has 3 rings (SSSR count). The van der Waals surface area contributed by atoms with E-state index in [0.29, 0.717) is 17.1 Å². The first kappa shape index (κ1) is 10.3. The van der Waals surface area contributed by atoms with E-state index >= 15 is 0 Å². The third kappa shape index (κ3) is 1.58. The van der Waals surface area contributed by atoms with Gasteiger partial charge in [-0.2, -0.15) is 0 Å². The average Bonchev–Trinajstić information content (AvgIpc) is 2.73. The predicted octanol–water partition coefficient (Wildman–Crippen LogP) is 2.00. The summed E-state index contributed by atoms with van der Waals surface area (Å²) in [6, 6.07) is 4.68. The first-order valence-electron chi connectivity index (χ1n) is 5.74. The van der Waals surface area contributed by atoms with Crippen LogP contribution in [-0.2, 0) is 13.0 Å². The Morgan fingerprint density at radius 3 is 2.94 bits per heavy atom. The summed E-state index contributed by atoms with van der Waals surface area (Å²) in [4.78, 5) is 0. The molecule has 0 saturated carbocycles. The van der Waals surface area contributed by atoms with Gasteiger partial charge in [0.25, 0.3) is 0 Å². The number of nitrogens with zero attached hydrogens (tertiary/aromatic N) is 3. The highest BCUT2D eigenvalue weighted by Crippen LogP contribution is 2.29. The number of fused-ring (bicyclic) bond motifs is 1. The van der Waals surface area contributed by atoms with Crippen LogP contribution in [0.1, 0.15) is 18.7 Å². The minimum Gasteiger partial charge on any atom is -0.398 e. The maximum absolute atomic E-state index is 13.8. The summed E-state index contributed by atoms with van der Waals surface area (Å²) in [5, 5.41) is 8.19. The normalized spacial score (nSPS) is 14.6. The van der Waals surface area contributed by atoms with Gasteiger partial charge in [0, 0.05) is 18.7 Å². The summed E-state index contributed by atoms with van der Waals surface area (Å²) in [7, 11) is 0. The molecular formula is C12H13FN4. The van der Waals surface area contributed by atoms with Crippen molar-refractivity contribution in [3.05, 3.63) is 29.8 Å². The van der Waals surface area contributed by atoms with E-state index < -0.39 is 0 Å². The largest absolute Gasteiger partial charge is 0.398 e. The standard InChI is InChI=1S/C12H13FN4/c13-8-4-3-5-9(14)11(8)12-16-15-10-6-1-2-7-17(10)12/h3-5H,1-2,6-7,14H2. The van der Waals surface area contributed by atoms with E-state index in [1.54, 1.807) is 12.1 Å². The number of aryl methyl sites for hydroxylation is 1. The van der Waals surface area contributed by atoms with Gasteiger partial charge in [-0.3, -0.25) is 0 Å². The van der Waals surface area contributed by atoms with E-state index in [-0.39, 0.29) is 5.82 Å².